The Balaban J connectivity index is 1.15. The minimum atomic E-state index is -0.766. The molecule has 1 saturated heterocycles. The summed E-state index contributed by atoms with van der Waals surface area (Å²) in [5, 5.41) is 7.93. The molecule has 1 saturated carbocycles. The lowest BCUT2D eigenvalue weighted by atomic mass is 9.82. The second kappa shape index (κ2) is 13.7. The number of carbonyl (C=O) groups is 2. The first-order chi connectivity index (χ1) is 23.6. The first-order valence-electron chi connectivity index (χ1n) is 15.9. The second-order valence-corrected chi connectivity index (χ2v) is 13.7. The van der Waals surface area contributed by atoms with Crippen molar-refractivity contribution in [3.8, 4) is 17.0 Å². The van der Waals surface area contributed by atoms with Crippen LogP contribution in [-0.2, 0) is 22.7 Å². The Labute approximate surface area is 296 Å². The van der Waals surface area contributed by atoms with Crippen molar-refractivity contribution >= 4 is 52.2 Å². The van der Waals surface area contributed by atoms with E-state index in [1.165, 1.54) is 6.07 Å². The monoisotopic (exact) mass is 726 g/mol. The molecule has 1 aromatic heterocycles. The van der Waals surface area contributed by atoms with E-state index >= 15 is 0 Å². The summed E-state index contributed by atoms with van der Waals surface area (Å²) in [6.45, 7) is 2.79. The van der Waals surface area contributed by atoms with Gasteiger partial charge < -0.3 is 24.4 Å². The summed E-state index contributed by atoms with van der Waals surface area (Å²) in [5.74, 6) is -0.794. The smallest absolute Gasteiger partial charge is 0.252 e. The van der Waals surface area contributed by atoms with Crippen LogP contribution in [0.15, 0.2) is 70.8 Å². The highest BCUT2D eigenvalue weighted by atomic mass is 35.5. The number of hydrogen-bond acceptors (Lipinski definition) is 6. The fraction of sp³-hybridized carbons (Fsp3) is 0.306. The minimum Gasteiger partial charge on any atom is -0.486 e. The van der Waals surface area contributed by atoms with E-state index in [0.29, 0.717) is 47.4 Å². The zero-order valence-electron chi connectivity index (χ0n) is 26.3. The van der Waals surface area contributed by atoms with Gasteiger partial charge in [-0.3, -0.25) is 9.59 Å². The van der Waals surface area contributed by atoms with E-state index in [1.54, 1.807) is 30.0 Å². The lowest BCUT2D eigenvalue weighted by Gasteiger charge is -2.44. The third kappa shape index (κ3) is 6.92. The highest BCUT2D eigenvalue weighted by Gasteiger charge is 2.43. The Hall–Kier alpha value is -3.96. The van der Waals surface area contributed by atoms with Gasteiger partial charge in [-0.2, -0.15) is 0 Å². The Kier molecular flexibility index (Phi) is 9.41. The fourth-order valence-electron chi connectivity index (χ4n) is 6.55. The van der Waals surface area contributed by atoms with Gasteiger partial charge in [-0.1, -0.05) is 64.2 Å². The van der Waals surface area contributed by atoms with Crippen molar-refractivity contribution in [2.24, 2.45) is 0 Å². The Morgan fingerprint density at radius 1 is 1.02 bits per heavy atom. The number of fused-ring (bicyclic) bond motifs is 2. The molecule has 0 radical (unpaired) electrons. The van der Waals surface area contributed by atoms with E-state index < -0.39 is 11.6 Å². The normalized spacial score (nSPS) is 18.9. The zero-order chi connectivity index (χ0) is 34.4. The van der Waals surface area contributed by atoms with Gasteiger partial charge in [0.15, 0.2) is 5.76 Å². The largest absolute Gasteiger partial charge is 0.486 e. The van der Waals surface area contributed by atoms with Gasteiger partial charge in [0.05, 0.1) is 26.7 Å². The van der Waals surface area contributed by atoms with Gasteiger partial charge in [0, 0.05) is 50.3 Å². The number of aromatic nitrogens is 1. The van der Waals surface area contributed by atoms with Gasteiger partial charge in [-0.05, 0) is 66.3 Å². The van der Waals surface area contributed by atoms with Crippen LogP contribution in [0.2, 0.25) is 15.1 Å². The maximum Gasteiger partial charge on any atom is 0.252 e. The predicted molar refractivity (Wildman–Crippen MR) is 182 cm³/mol. The number of hydrogen-bond donors (Lipinski definition) is 1. The van der Waals surface area contributed by atoms with E-state index in [-0.39, 0.29) is 58.6 Å². The van der Waals surface area contributed by atoms with Crippen LogP contribution in [0.3, 0.4) is 0 Å². The summed E-state index contributed by atoms with van der Waals surface area (Å²) in [5.41, 5.74) is 3.07. The molecule has 254 valence electrons. The number of ether oxygens (including phenoxy) is 1. The average molecular weight is 728 g/mol. The molecule has 0 spiro atoms. The van der Waals surface area contributed by atoms with E-state index in [4.69, 9.17) is 44.1 Å². The van der Waals surface area contributed by atoms with Gasteiger partial charge in [0.1, 0.15) is 29.7 Å². The van der Waals surface area contributed by atoms with Crippen LogP contribution in [-0.4, -0.2) is 58.0 Å². The molecule has 2 unspecified atom stereocenters. The summed E-state index contributed by atoms with van der Waals surface area (Å²) in [6, 6.07) is 15.9. The quantitative estimate of drug-likeness (QED) is 0.178. The molecular weight excluding hydrogens is 697 g/mol. The second-order valence-electron chi connectivity index (χ2n) is 12.5. The number of nitrogens with zero attached hydrogens (tertiary/aromatic N) is 3. The summed E-state index contributed by atoms with van der Waals surface area (Å²) in [7, 11) is 0. The lowest BCUT2D eigenvalue weighted by Crippen LogP contribution is -2.61. The van der Waals surface area contributed by atoms with Crippen LogP contribution < -0.4 is 10.1 Å². The van der Waals surface area contributed by atoms with Crippen LogP contribution in [0, 0.1) is 11.6 Å². The Morgan fingerprint density at radius 3 is 2.51 bits per heavy atom. The van der Waals surface area contributed by atoms with Gasteiger partial charge >= 0.3 is 0 Å². The molecule has 7 rings (SSSR count). The van der Waals surface area contributed by atoms with E-state index in [9.17, 15) is 18.4 Å². The number of rotatable bonds is 9. The van der Waals surface area contributed by atoms with Crippen molar-refractivity contribution in [2.45, 2.75) is 57.5 Å². The van der Waals surface area contributed by atoms with Crippen molar-refractivity contribution < 1.29 is 27.6 Å². The van der Waals surface area contributed by atoms with Gasteiger partial charge in [0.25, 0.3) is 5.91 Å². The highest BCUT2D eigenvalue weighted by molar-refractivity contribution is 6.42. The number of benzene rings is 3. The van der Waals surface area contributed by atoms with Crippen LogP contribution in [0.25, 0.3) is 16.8 Å². The maximum absolute atomic E-state index is 14.6. The summed E-state index contributed by atoms with van der Waals surface area (Å²) < 4.78 is 39.5. The molecular formula is C36H31Cl3F2N4O4. The molecule has 3 aliphatic rings. The first kappa shape index (κ1) is 33.5. The van der Waals surface area contributed by atoms with Crippen molar-refractivity contribution in [2.75, 3.05) is 13.1 Å². The van der Waals surface area contributed by atoms with Crippen LogP contribution in [0.4, 0.5) is 8.78 Å². The van der Waals surface area contributed by atoms with Crippen LogP contribution >= 0.6 is 34.8 Å². The first-order valence-corrected chi connectivity index (χ1v) is 17.0. The molecule has 3 aromatic carbocycles. The average Bonchev–Trinajstić information content (AvgIpc) is 3.83. The zero-order valence-corrected chi connectivity index (χ0v) is 28.6. The molecule has 1 aliphatic carbocycles. The molecule has 8 nitrogen and oxygen atoms in total. The van der Waals surface area contributed by atoms with Crippen LogP contribution in [0.5, 0.6) is 5.75 Å². The SMILES string of the molecule is CC(=O)N1CC2CC(c3ccc(OCc4cc(-c5c(F)ccc(F)c5Cl)no4)cc3)=C(C(=O)N(Cc3cccc(Cl)c3Cl)C3CC3)C(C1)N2. The fourth-order valence-corrected chi connectivity index (χ4v) is 7.18. The molecule has 3 heterocycles. The molecule has 49 heavy (non-hydrogen) atoms. The number of nitrogens with one attached hydrogen (secondary N) is 1. The van der Waals surface area contributed by atoms with Crippen molar-refractivity contribution in [3.05, 3.63) is 110 Å². The van der Waals surface area contributed by atoms with Crippen molar-refractivity contribution in [3.63, 3.8) is 0 Å². The molecule has 13 heteroatoms. The summed E-state index contributed by atoms with van der Waals surface area (Å²) in [4.78, 5) is 30.7. The third-order valence-electron chi connectivity index (χ3n) is 9.14. The summed E-state index contributed by atoms with van der Waals surface area (Å²) >= 11 is 18.8. The lowest BCUT2D eigenvalue weighted by molar-refractivity contribution is -0.132. The number of halogens is 5. The predicted octanol–water partition coefficient (Wildman–Crippen LogP) is 7.70. The van der Waals surface area contributed by atoms with E-state index in [2.05, 4.69) is 10.5 Å². The van der Waals surface area contributed by atoms with Gasteiger partial charge in [-0.15, -0.1) is 0 Å². The molecule has 2 atom stereocenters. The maximum atomic E-state index is 14.6. The Bertz CT molecular complexity index is 1960. The topological polar surface area (TPSA) is 87.9 Å². The minimum absolute atomic E-state index is 0.0149. The Morgan fingerprint density at radius 2 is 1.78 bits per heavy atom. The number of piperazine rings is 1. The van der Waals surface area contributed by atoms with Gasteiger partial charge in [0.2, 0.25) is 5.91 Å². The molecule has 4 aromatic rings. The molecule has 2 aliphatic heterocycles. The van der Waals surface area contributed by atoms with E-state index in [1.807, 2.05) is 29.2 Å². The molecule has 2 amide bonds. The van der Waals surface area contributed by atoms with Crippen molar-refractivity contribution in [1.29, 1.82) is 0 Å². The molecule has 1 N–H and O–H groups in total. The number of amides is 2. The standard InChI is InChI=1S/C36H31Cl3F2N4O4/c1-19(46)44-16-22-13-26(32(31(17-44)42-22)36(47)45(23-7-8-23)15-21-3-2-4-27(37)34(21)38)20-5-9-24(10-6-20)48-18-25-14-30(43-49-25)33-28(40)11-12-29(41)35(33)39/h2-6,9-12,14,22-23,31,42H,7-8,13,15-18H2,1H3. The van der Waals surface area contributed by atoms with E-state index in [0.717, 1.165) is 41.7 Å². The molecule has 2 fully saturated rings. The van der Waals surface area contributed by atoms with Gasteiger partial charge in [-0.25, -0.2) is 8.78 Å². The molecule has 2 bridgehead atoms. The van der Waals surface area contributed by atoms with Crippen LogP contribution in [0.1, 0.15) is 43.1 Å². The summed E-state index contributed by atoms with van der Waals surface area (Å²) in [6.07, 6.45) is 2.35. The van der Waals surface area contributed by atoms with Crippen molar-refractivity contribution in [1.82, 2.24) is 20.3 Å². The highest BCUT2D eigenvalue weighted by Crippen LogP contribution is 2.39. The third-order valence-corrected chi connectivity index (χ3v) is 10.4. The number of carbonyl (C=O) groups excluding carboxylic acids is 2.